The van der Waals surface area contributed by atoms with Crippen LogP contribution in [0.15, 0.2) is 10.7 Å². The van der Waals surface area contributed by atoms with Crippen molar-refractivity contribution in [3.05, 3.63) is 17.5 Å². The molecule has 5 nitrogen and oxygen atoms in total. The average molecular weight is 211 g/mol. The first-order valence-electron chi connectivity index (χ1n) is 4.90. The third kappa shape index (κ3) is 1.74. The van der Waals surface area contributed by atoms with Crippen LogP contribution < -0.4 is 0 Å². The quantitative estimate of drug-likeness (QED) is 0.801. The average Bonchev–Trinajstić information content (AvgIpc) is 2.67. The second-order valence-corrected chi connectivity index (χ2v) is 4.05. The van der Waals surface area contributed by atoms with Gasteiger partial charge in [-0.2, -0.15) is 0 Å². The molecule has 2 rings (SSSR count). The predicted octanol–water partition coefficient (Wildman–Crippen LogP) is 1.44. The summed E-state index contributed by atoms with van der Waals surface area (Å²) < 4.78 is 10.3. The molecule has 0 spiro atoms. The van der Waals surface area contributed by atoms with E-state index in [1.807, 2.05) is 6.92 Å². The van der Waals surface area contributed by atoms with Crippen molar-refractivity contribution < 1.29 is 19.2 Å². The van der Waals surface area contributed by atoms with E-state index in [2.05, 4.69) is 5.16 Å². The highest BCUT2D eigenvalue weighted by molar-refractivity contribution is 5.88. The predicted molar refractivity (Wildman–Crippen MR) is 50.9 cm³/mol. The van der Waals surface area contributed by atoms with Gasteiger partial charge in [0, 0.05) is 18.6 Å². The van der Waals surface area contributed by atoms with Crippen molar-refractivity contribution in [1.29, 1.82) is 0 Å². The van der Waals surface area contributed by atoms with Crippen LogP contribution in [0, 0.1) is 0 Å². The number of rotatable bonds is 2. The molecule has 5 heteroatoms. The van der Waals surface area contributed by atoms with Gasteiger partial charge in [0.1, 0.15) is 5.56 Å². The molecule has 1 aromatic rings. The molecule has 0 radical (unpaired) electrons. The summed E-state index contributed by atoms with van der Waals surface area (Å²) in [7, 11) is 0. The fourth-order valence-corrected chi connectivity index (χ4v) is 1.88. The molecule has 2 heterocycles. The van der Waals surface area contributed by atoms with Crippen LogP contribution >= 0.6 is 0 Å². The maximum Gasteiger partial charge on any atom is 0.340 e. The zero-order valence-corrected chi connectivity index (χ0v) is 8.52. The third-order valence-electron chi connectivity index (χ3n) is 2.95. The molecule has 0 aromatic carbocycles. The Labute approximate surface area is 87.0 Å². The number of hydrogen-bond acceptors (Lipinski definition) is 4. The standard InChI is InChI=1S/C10H13NO4/c1-10(2-4-14-5-3-10)8-7(9(12)13)6-11-15-8/h6H,2-5H2,1H3,(H,12,13). The van der Waals surface area contributed by atoms with Crippen molar-refractivity contribution >= 4 is 5.97 Å². The second kappa shape index (κ2) is 3.66. The number of carboxylic acids is 1. The SMILES string of the molecule is CC1(c2oncc2C(=O)O)CCOCC1. The van der Waals surface area contributed by atoms with E-state index in [9.17, 15) is 4.79 Å². The Hall–Kier alpha value is -1.36. The number of nitrogens with zero attached hydrogens (tertiary/aromatic N) is 1. The highest BCUT2D eigenvalue weighted by Crippen LogP contribution is 2.35. The van der Waals surface area contributed by atoms with Crippen molar-refractivity contribution in [1.82, 2.24) is 5.16 Å². The van der Waals surface area contributed by atoms with E-state index in [0.29, 0.717) is 19.0 Å². The molecule has 1 aromatic heterocycles. The van der Waals surface area contributed by atoms with Crippen LogP contribution in [0.2, 0.25) is 0 Å². The molecule has 1 aliphatic heterocycles. The van der Waals surface area contributed by atoms with E-state index in [-0.39, 0.29) is 11.0 Å². The fraction of sp³-hybridized carbons (Fsp3) is 0.600. The highest BCUT2D eigenvalue weighted by atomic mass is 16.5. The Balaban J connectivity index is 2.34. The Bertz CT molecular complexity index is 365. The molecule has 0 saturated carbocycles. The summed E-state index contributed by atoms with van der Waals surface area (Å²) in [5.41, 5.74) is -0.0953. The Kier molecular flexibility index (Phi) is 2.48. The molecule has 1 aliphatic rings. The minimum absolute atomic E-state index is 0.166. The summed E-state index contributed by atoms with van der Waals surface area (Å²) in [6, 6.07) is 0. The Morgan fingerprint density at radius 2 is 2.20 bits per heavy atom. The Morgan fingerprint density at radius 1 is 1.53 bits per heavy atom. The first-order valence-corrected chi connectivity index (χ1v) is 4.90. The van der Waals surface area contributed by atoms with E-state index in [0.717, 1.165) is 12.8 Å². The van der Waals surface area contributed by atoms with Crippen molar-refractivity contribution in [2.45, 2.75) is 25.2 Å². The molecule has 0 amide bonds. The highest BCUT2D eigenvalue weighted by Gasteiger charge is 2.36. The van der Waals surface area contributed by atoms with Crippen LogP contribution in [-0.2, 0) is 10.2 Å². The lowest BCUT2D eigenvalue weighted by molar-refractivity contribution is 0.0449. The lowest BCUT2D eigenvalue weighted by atomic mass is 9.78. The van der Waals surface area contributed by atoms with Gasteiger partial charge in [0.25, 0.3) is 0 Å². The first-order chi connectivity index (χ1) is 7.13. The smallest absolute Gasteiger partial charge is 0.340 e. The third-order valence-corrected chi connectivity index (χ3v) is 2.95. The summed E-state index contributed by atoms with van der Waals surface area (Å²) in [4.78, 5) is 10.9. The van der Waals surface area contributed by atoms with Crippen LogP contribution in [0.3, 0.4) is 0 Å². The van der Waals surface area contributed by atoms with Gasteiger partial charge in [0.05, 0.1) is 6.20 Å². The van der Waals surface area contributed by atoms with Crippen molar-refractivity contribution in [3.8, 4) is 0 Å². The number of aromatic nitrogens is 1. The number of carbonyl (C=O) groups is 1. The van der Waals surface area contributed by atoms with E-state index >= 15 is 0 Å². The van der Waals surface area contributed by atoms with E-state index in [1.54, 1.807) is 0 Å². The van der Waals surface area contributed by atoms with Gasteiger partial charge >= 0.3 is 5.97 Å². The zero-order chi connectivity index (χ0) is 10.9. The summed E-state index contributed by atoms with van der Waals surface area (Å²) in [6.07, 6.45) is 2.79. The minimum atomic E-state index is -0.987. The summed E-state index contributed by atoms with van der Waals surface area (Å²) in [6.45, 7) is 3.26. The summed E-state index contributed by atoms with van der Waals surface area (Å²) in [5.74, 6) is -0.516. The molecule has 1 N–H and O–H groups in total. The van der Waals surface area contributed by atoms with E-state index in [4.69, 9.17) is 14.4 Å². The number of hydrogen-bond donors (Lipinski definition) is 1. The van der Waals surface area contributed by atoms with Crippen LogP contribution in [0.25, 0.3) is 0 Å². The molecule has 1 fully saturated rings. The lowest BCUT2D eigenvalue weighted by Crippen LogP contribution is -2.31. The topological polar surface area (TPSA) is 72.6 Å². The molecule has 15 heavy (non-hydrogen) atoms. The minimum Gasteiger partial charge on any atom is -0.478 e. The number of aromatic carboxylic acids is 1. The molecule has 82 valence electrons. The number of carboxylic acid groups (broad SMARTS) is 1. The van der Waals surface area contributed by atoms with Crippen LogP contribution in [0.5, 0.6) is 0 Å². The van der Waals surface area contributed by atoms with Gasteiger partial charge in [0.2, 0.25) is 0 Å². The van der Waals surface area contributed by atoms with Crippen LogP contribution in [0.4, 0.5) is 0 Å². The molecular weight excluding hydrogens is 198 g/mol. The van der Waals surface area contributed by atoms with E-state index < -0.39 is 5.97 Å². The fourth-order valence-electron chi connectivity index (χ4n) is 1.88. The van der Waals surface area contributed by atoms with Gasteiger partial charge in [0.15, 0.2) is 5.76 Å². The van der Waals surface area contributed by atoms with Crippen molar-refractivity contribution in [2.75, 3.05) is 13.2 Å². The largest absolute Gasteiger partial charge is 0.478 e. The lowest BCUT2D eigenvalue weighted by Gasteiger charge is -2.31. The maximum atomic E-state index is 10.9. The van der Waals surface area contributed by atoms with Crippen molar-refractivity contribution in [2.24, 2.45) is 0 Å². The van der Waals surface area contributed by atoms with Gasteiger partial charge in [-0.15, -0.1) is 0 Å². The molecule has 0 aliphatic carbocycles. The van der Waals surface area contributed by atoms with Gasteiger partial charge < -0.3 is 14.4 Å². The maximum absolute atomic E-state index is 10.9. The normalized spacial score (nSPS) is 20.1. The van der Waals surface area contributed by atoms with Crippen molar-refractivity contribution in [3.63, 3.8) is 0 Å². The van der Waals surface area contributed by atoms with Gasteiger partial charge in [-0.1, -0.05) is 12.1 Å². The molecule has 0 unspecified atom stereocenters. The van der Waals surface area contributed by atoms with Crippen LogP contribution in [-0.4, -0.2) is 29.4 Å². The molecule has 0 atom stereocenters. The molecular formula is C10H13NO4. The van der Waals surface area contributed by atoms with Gasteiger partial charge in [-0.3, -0.25) is 0 Å². The van der Waals surface area contributed by atoms with E-state index in [1.165, 1.54) is 6.20 Å². The van der Waals surface area contributed by atoms with Gasteiger partial charge in [-0.25, -0.2) is 4.79 Å². The first kappa shape index (κ1) is 10.2. The monoisotopic (exact) mass is 211 g/mol. The molecule has 1 saturated heterocycles. The zero-order valence-electron chi connectivity index (χ0n) is 8.52. The number of ether oxygens (including phenoxy) is 1. The molecule has 0 bridgehead atoms. The van der Waals surface area contributed by atoms with Gasteiger partial charge in [-0.05, 0) is 12.8 Å². The summed E-state index contributed by atoms with van der Waals surface area (Å²) in [5, 5.41) is 12.5. The second-order valence-electron chi connectivity index (χ2n) is 4.05. The summed E-state index contributed by atoms with van der Waals surface area (Å²) >= 11 is 0. The Morgan fingerprint density at radius 3 is 2.80 bits per heavy atom. The van der Waals surface area contributed by atoms with Crippen LogP contribution in [0.1, 0.15) is 35.9 Å².